The summed E-state index contributed by atoms with van der Waals surface area (Å²) in [6, 6.07) is 0. The molecule has 84 valence electrons. The Balaban J connectivity index is 2.16. The van der Waals surface area contributed by atoms with E-state index in [9.17, 15) is 4.79 Å². The largest absolute Gasteiger partial charge is 0.383 e. The lowest BCUT2D eigenvalue weighted by molar-refractivity contribution is -0.118. The summed E-state index contributed by atoms with van der Waals surface area (Å²) in [5.74, 6) is 0.268. The molecule has 0 aliphatic heterocycles. The van der Waals surface area contributed by atoms with Crippen LogP contribution in [0.1, 0.15) is 0 Å². The van der Waals surface area contributed by atoms with E-state index in [4.69, 9.17) is 10.5 Å². The number of carbonyl (C=O) groups is 1. The van der Waals surface area contributed by atoms with Crippen molar-refractivity contribution in [1.29, 1.82) is 0 Å². The summed E-state index contributed by atoms with van der Waals surface area (Å²) in [5.41, 5.74) is 5.40. The van der Waals surface area contributed by atoms with Gasteiger partial charge in [-0.3, -0.25) is 4.79 Å². The van der Waals surface area contributed by atoms with Crippen LogP contribution in [0.5, 0.6) is 0 Å². The predicted octanol–water partition coefficient (Wildman–Crippen LogP) is -0.0250. The Kier molecular flexibility index (Phi) is 5.37. The first-order valence-electron chi connectivity index (χ1n) is 4.20. The van der Waals surface area contributed by atoms with E-state index in [1.165, 1.54) is 23.1 Å². The maximum Gasteiger partial charge on any atom is 0.230 e. The van der Waals surface area contributed by atoms with Crippen molar-refractivity contribution < 1.29 is 9.53 Å². The van der Waals surface area contributed by atoms with Gasteiger partial charge in [-0.25, -0.2) is 0 Å². The lowest BCUT2D eigenvalue weighted by atomic mass is 10.6. The number of hydrogen-bond acceptors (Lipinski definition) is 7. The molecule has 0 saturated carbocycles. The molecule has 8 heteroatoms. The highest BCUT2D eigenvalue weighted by Gasteiger charge is 2.05. The van der Waals surface area contributed by atoms with Gasteiger partial charge in [0.25, 0.3) is 0 Å². The lowest BCUT2D eigenvalue weighted by Gasteiger charge is -2.02. The van der Waals surface area contributed by atoms with Crippen LogP contribution in [0.25, 0.3) is 0 Å². The standard InChI is InChI=1S/C7H12N4O2S2/c1-13-3-2-9-5(12)4-14-7-11-10-6(8)15-7/h2-4H2,1H3,(H2,8,10)(H,9,12). The van der Waals surface area contributed by atoms with Gasteiger partial charge in [0.05, 0.1) is 12.4 Å². The Morgan fingerprint density at radius 3 is 3.07 bits per heavy atom. The van der Waals surface area contributed by atoms with Crippen molar-refractivity contribution in [3.63, 3.8) is 0 Å². The highest BCUT2D eigenvalue weighted by molar-refractivity contribution is 8.01. The number of carbonyl (C=O) groups excluding carboxylic acids is 1. The molecule has 1 amide bonds. The Morgan fingerprint density at radius 2 is 2.47 bits per heavy atom. The third-order valence-electron chi connectivity index (χ3n) is 1.38. The summed E-state index contributed by atoms with van der Waals surface area (Å²) in [7, 11) is 1.59. The zero-order valence-electron chi connectivity index (χ0n) is 8.23. The molecule has 1 aromatic heterocycles. The molecule has 15 heavy (non-hydrogen) atoms. The summed E-state index contributed by atoms with van der Waals surface area (Å²) in [4.78, 5) is 11.2. The number of methoxy groups -OCH3 is 1. The van der Waals surface area contributed by atoms with Crippen molar-refractivity contribution in [1.82, 2.24) is 15.5 Å². The van der Waals surface area contributed by atoms with Gasteiger partial charge >= 0.3 is 0 Å². The van der Waals surface area contributed by atoms with Crippen LogP contribution in [-0.4, -0.2) is 42.1 Å². The second kappa shape index (κ2) is 6.59. The third kappa shape index (κ3) is 4.96. The SMILES string of the molecule is COCCNC(=O)CSc1nnc(N)s1. The molecule has 0 radical (unpaired) electrons. The number of amides is 1. The van der Waals surface area contributed by atoms with E-state index in [0.717, 1.165) is 0 Å². The molecule has 1 aromatic rings. The van der Waals surface area contributed by atoms with Gasteiger partial charge in [0, 0.05) is 13.7 Å². The summed E-state index contributed by atoms with van der Waals surface area (Å²) in [6.07, 6.45) is 0. The number of nitrogens with two attached hydrogens (primary N) is 1. The van der Waals surface area contributed by atoms with E-state index in [-0.39, 0.29) is 5.91 Å². The van der Waals surface area contributed by atoms with Crippen LogP contribution in [0.15, 0.2) is 4.34 Å². The van der Waals surface area contributed by atoms with Crippen LogP contribution in [0.2, 0.25) is 0 Å². The summed E-state index contributed by atoms with van der Waals surface area (Å²) < 4.78 is 5.50. The first kappa shape index (κ1) is 12.2. The van der Waals surface area contributed by atoms with E-state index >= 15 is 0 Å². The van der Waals surface area contributed by atoms with Gasteiger partial charge in [-0.15, -0.1) is 10.2 Å². The van der Waals surface area contributed by atoms with Crippen molar-refractivity contribution in [2.45, 2.75) is 4.34 Å². The molecule has 0 atom stereocenters. The van der Waals surface area contributed by atoms with Gasteiger partial charge < -0.3 is 15.8 Å². The zero-order valence-corrected chi connectivity index (χ0v) is 9.86. The minimum Gasteiger partial charge on any atom is -0.383 e. The van der Waals surface area contributed by atoms with E-state index in [1.54, 1.807) is 7.11 Å². The normalized spacial score (nSPS) is 10.2. The van der Waals surface area contributed by atoms with Crippen molar-refractivity contribution in [3.8, 4) is 0 Å². The molecule has 6 nitrogen and oxygen atoms in total. The third-order valence-corrected chi connectivity index (χ3v) is 3.26. The summed E-state index contributed by atoms with van der Waals surface area (Å²) in [5, 5.41) is 10.5. The van der Waals surface area contributed by atoms with Gasteiger partial charge in [0.1, 0.15) is 0 Å². The fourth-order valence-corrected chi connectivity index (χ4v) is 2.22. The zero-order chi connectivity index (χ0) is 11.1. The lowest BCUT2D eigenvalue weighted by Crippen LogP contribution is -2.28. The van der Waals surface area contributed by atoms with Gasteiger partial charge in [-0.1, -0.05) is 23.1 Å². The number of nitrogens with zero attached hydrogens (tertiary/aromatic N) is 2. The van der Waals surface area contributed by atoms with E-state index < -0.39 is 0 Å². The maximum absolute atomic E-state index is 11.2. The summed E-state index contributed by atoms with van der Waals surface area (Å²) >= 11 is 2.59. The number of anilines is 1. The minimum atomic E-state index is -0.0502. The predicted molar refractivity (Wildman–Crippen MR) is 59.9 cm³/mol. The molecule has 0 aliphatic rings. The number of aromatic nitrogens is 2. The molecular weight excluding hydrogens is 236 g/mol. The van der Waals surface area contributed by atoms with E-state index in [0.29, 0.717) is 28.4 Å². The number of nitrogen functional groups attached to an aromatic ring is 1. The Morgan fingerprint density at radius 1 is 1.67 bits per heavy atom. The first-order valence-corrected chi connectivity index (χ1v) is 6.00. The van der Waals surface area contributed by atoms with Crippen LogP contribution in [0.3, 0.4) is 0 Å². The Bertz CT molecular complexity index is 318. The monoisotopic (exact) mass is 248 g/mol. The number of thioether (sulfide) groups is 1. The molecule has 0 saturated heterocycles. The van der Waals surface area contributed by atoms with Crippen LogP contribution >= 0.6 is 23.1 Å². The quantitative estimate of drug-likeness (QED) is 0.543. The molecule has 3 N–H and O–H groups in total. The number of rotatable bonds is 6. The maximum atomic E-state index is 11.2. The Labute approximate surface area is 95.6 Å². The van der Waals surface area contributed by atoms with Gasteiger partial charge in [0.2, 0.25) is 11.0 Å². The van der Waals surface area contributed by atoms with Crippen molar-refractivity contribution in [2.75, 3.05) is 31.7 Å². The van der Waals surface area contributed by atoms with Crippen LogP contribution in [0.4, 0.5) is 5.13 Å². The number of ether oxygens (including phenoxy) is 1. The first-order chi connectivity index (χ1) is 7.22. The van der Waals surface area contributed by atoms with Crippen molar-refractivity contribution in [3.05, 3.63) is 0 Å². The molecule has 0 aromatic carbocycles. The highest BCUT2D eigenvalue weighted by atomic mass is 32.2. The van der Waals surface area contributed by atoms with E-state index in [1.807, 2.05) is 0 Å². The van der Waals surface area contributed by atoms with Crippen LogP contribution < -0.4 is 11.1 Å². The molecule has 1 heterocycles. The van der Waals surface area contributed by atoms with Crippen molar-refractivity contribution in [2.24, 2.45) is 0 Å². The molecule has 0 bridgehead atoms. The number of nitrogens with one attached hydrogen (secondary N) is 1. The molecule has 1 rings (SSSR count). The smallest absolute Gasteiger partial charge is 0.230 e. The summed E-state index contributed by atoms with van der Waals surface area (Å²) in [6.45, 7) is 1.04. The highest BCUT2D eigenvalue weighted by Crippen LogP contribution is 2.22. The fourth-order valence-electron chi connectivity index (χ4n) is 0.750. The number of hydrogen-bond donors (Lipinski definition) is 2. The van der Waals surface area contributed by atoms with Crippen molar-refractivity contribution >= 4 is 34.1 Å². The Hall–Kier alpha value is -0.860. The van der Waals surface area contributed by atoms with Gasteiger partial charge in [0.15, 0.2) is 4.34 Å². The van der Waals surface area contributed by atoms with E-state index in [2.05, 4.69) is 15.5 Å². The average molecular weight is 248 g/mol. The molecule has 0 unspecified atom stereocenters. The van der Waals surface area contributed by atoms with Gasteiger partial charge in [-0.2, -0.15) is 0 Å². The second-order valence-corrected chi connectivity index (χ2v) is 4.77. The molecule has 0 spiro atoms. The molecular formula is C7H12N4O2S2. The second-order valence-electron chi connectivity index (χ2n) is 2.54. The average Bonchev–Trinajstić information content (AvgIpc) is 2.62. The van der Waals surface area contributed by atoms with Gasteiger partial charge in [-0.05, 0) is 0 Å². The van der Waals surface area contributed by atoms with Crippen LogP contribution in [-0.2, 0) is 9.53 Å². The molecule has 0 aliphatic carbocycles. The van der Waals surface area contributed by atoms with Crippen LogP contribution in [0, 0.1) is 0 Å². The molecule has 0 fully saturated rings. The fraction of sp³-hybridized carbons (Fsp3) is 0.571. The minimum absolute atomic E-state index is 0.0502. The topological polar surface area (TPSA) is 90.1 Å².